The smallest absolute Gasteiger partial charge is 0.305 e. The number of hydrogen-bond acceptors (Lipinski definition) is 2. The summed E-state index contributed by atoms with van der Waals surface area (Å²) in [7, 11) is 0. The van der Waals surface area contributed by atoms with Crippen molar-refractivity contribution in [3.05, 3.63) is 0 Å². The van der Waals surface area contributed by atoms with Crippen molar-refractivity contribution in [2.75, 3.05) is 0 Å². The number of aliphatic carboxylic acids is 1. The van der Waals surface area contributed by atoms with E-state index < -0.39 is 5.97 Å². The highest BCUT2D eigenvalue weighted by atomic mass is 16.4. The zero-order valence-corrected chi connectivity index (χ0v) is 11.1. The number of carbonyl (C=O) groups is 2. The number of amides is 1. The van der Waals surface area contributed by atoms with Gasteiger partial charge in [-0.1, -0.05) is 19.8 Å². The van der Waals surface area contributed by atoms with Crippen molar-refractivity contribution >= 4 is 11.9 Å². The Hall–Kier alpha value is -1.06. The third kappa shape index (κ3) is 2.85. The van der Waals surface area contributed by atoms with Gasteiger partial charge in [-0.05, 0) is 38.0 Å². The first kappa shape index (κ1) is 13.4. The van der Waals surface area contributed by atoms with Crippen molar-refractivity contribution in [3.63, 3.8) is 0 Å². The van der Waals surface area contributed by atoms with Crippen LogP contribution in [-0.2, 0) is 9.59 Å². The second-order valence-corrected chi connectivity index (χ2v) is 5.86. The number of nitrogens with one attached hydrogen (secondary N) is 1. The SMILES string of the molecule is CCC1(C(=O)NC(CC(=O)O)C2CC2)CCCC1. The lowest BCUT2D eigenvalue weighted by atomic mass is 9.82. The highest BCUT2D eigenvalue weighted by Gasteiger charge is 2.42. The average Bonchev–Trinajstić information content (AvgIpc) is 3.05. The minimum atomic E-state index is -0.816. The average molecular weight is 253 g/mol. The van der Waals surface area contributed by atoms with Crippen LogP contribution in [0.15, 0.2) is 0 Å². The van der Waals surface area contributed by atoms with E-state index in [9.17, 15) is 9.59 Å². The molecule has 1 unspecified atom stereocenters. The molecule has 2 aliphatic carbocycles. The van der Waals surface area contributed by atoms with E-state index in [1.165, 1.54) is 0 Å². The van der Waals surface area contributed by atoms with Crippen LogP contribution in [0, 0.1) is 11.3 Å². The summed E-state index contributed by atoms with van der Waals surface area (Å²) in [6.07, 6.45) is 7.19. The Kier molecular flexibility index (Phi) is 3.93. The Morgan fingerprint density at radius 2 is 1.94 bits per heavy atom. The second kappa shape index (κ2) is 5.29. The van der Waals surface area contributed by atoms with Gasteiger partial charge in [-0.3, -0.25) is 9.59 Å². The van der Waals surface area contributed by atoms with Gasteiger partial charge in [-0.2, -0.15) is 0 Å². The molecule has 1 amide bonds. The third-order valence-corrected chi connectivity index (χ3v) is 4.62. The quantitative estimate of drug-likeness (QED) is 0.763. The fourth-order valence-electron chi connectivity index (χ4n) is 3.14. The fraction of sp³-hybridized carbons (Fsp3) is 0.857. The maximum Gasteiger partial charge on any atom is 0.305 e. The summed E-state index contributed by atoms with van der Waals surface area (Å²) < 4.78 is 0. The van der Waals surface area contributed by atoms with E-state index in [2.05, 4.69) is 12.2 Å². The number of hydrogen-bond donors (Lipinski definition) is 2. The van der Waals surface area contributed by atoms with Gasteiger partial charge in [0, 0.05) is 11.5 Å². The van der Waals surface area contributed by atoms with Gasteiger partial charge in [0.2, 0.25) is 5.91 Å². The first-order valence-corrected chi connectivity index (χ1v) is 7.10. The van der Waals surface area contributed by atoms with Gasteiger partial charge in [0.25, 0.3) is 0 Å². The normalized spacial score (nSPS) is 23.6. The van der Waals surface area contributed by atoms with Crippen LogP contribution in [-0.4, -0.2) is 23.0 Å². The van der Waals surface area contributed by atoms with Gasteiger partial charge in [0.15, 0.2) is 0 Å². The van der Waals surface area contributed by atoms with Crippen molar-refractivity contribution in [1.29, 1.82) is 0 Å². The molecule has 4 heteroatoms. The molecule has 0 spiro atoms. The number of carboxylic acids is 1. The van der Waals surface area contributed by atoms with Crippen LogP contribution < -0.4 is 5.32 Å². The van der Waals surface area contributed by atoms with Crippen LogP contribution in [0.3, 0.4) is 0 Å². The predicted octanol–water partition coefficient (Wildman–Crippen LogP) is 2.33. The number of carbonyl (C=O) groups excluding carboxylic acids is 1. The lowest BCUT2D eigenvalue weighted by Gasteiger charge is -2.29. The van der Waals surface area contributed by atoms with E-state index in [1.54, 1.807) is 0 Å². The summed E-state index contributed by atoms with van der Waals surface area (Å²) in [6.45, 7) is 2.06. The molecule has 0 radical (unpaired) electrons. The summed E-state index contributed by atoms with van der Waals surface area (Å²) in [4.78, 5) is 23.3. The van der Waals surface area contributed by atoms with Gasteiger partial charge in [-0.15, -0.1) is 0 Å². The molecule has 102 valence electrons. The molecule has 2 rings (SSSR count). The van der Waals surface area contributed by atoms with Gasteiger partial charge < -0.3 is 10.4 Å². The standard InChI is InChI=1S/C14H23NO3/c1-2-14(7-3-4-8-14)13(18)15-11(9-12(16)17)10-5-6-10/h10-11H,2-9H2,1H3,(H,15,18)(H,16,17). The van der Waals surface area contributed by atoms with Crippen molar-refractivity contribution < 1.29 is 14.7 Å². The Balaban J connectivity index is 1.97. The van der Waals surface area contributed by atoms with E-state index in [1.807, 2.05) is 0 Å². The number of carboxylic acid groups (broad SMARTS) is 1. The lowest BCUT2D eigenvalue weighted by molar-refractivity contribution is -0.138. The van der Waals surface area contributed by atoms with Crippen molar-refractivity contribution in [3.8, 4) is 0 Å². The predicted molar refractivity (Wildman–Crippen MR) is 68.1 cm³/mol. The molecule has 0 bridgehead atoms. The molecule has 18 heavy (non-hydrogen) atoms. The fourth-order valence-corrected chi connectivity index (χ4v) is 3.14. The summed E-state index contributed by atoms with van der Waals surface area (Å²) in [6, 6.07) is -0.154. The molecule has 0 aromatic heterocycles. The molecule has 0 saturated heterocycles. The Bertz CT molecular complexity index is 330. The maximum absolute atomic E-state index is 12.4. The highest BCUT2D eigenvalue weighted by molar-refractivity contribution is 5.83. The Morgan fingerprint density at radius 3 is 2.39 bits per heavy atom. The zero-order chi connectivity index (χ0) is 13.2. The van der Waals surface area contributed by atoms with Crippen molar-refractivity contribution in [2.24, 2.45) is 11.3 Å². The molecule has 2 fully saturated rings. The first-order chi connectivity index (χ1) is 8.57. The van der Waals surface area contributed by atoms with Crippen LogP contribution in [0.1, 0.15) is 58.3 Å². The molecule has 2 N–H and O–H groups in total. The maximum atomic E-state index is 12.4. The van der Waals surface area contributed by atoms with Crippen molar-refractivity contribution in [2.45, 2.75) is 64.3 Å². The van der Waals surface area contributed by atoms with E-state index in [0.717, 1.165) is 44.9 Å². The summed E-state index contributed by atoms with van der Waals surface area (Å²) in [5.74, 6) is -0.329. The monoisotopic (exact) mass is 253 g/mol. The van der Waals surface area contributed by atoms with Crippen LogP contribution in [0.5, 0.6) is 0 Å². The van der Waals surface area contributed by atoms with Gasteiger partial charge >= 0.3 is 5.97 Å². The lowest BCUT2D eigenvalue weighted by Crippen LogP contribution is -2.46. The molecule has 0 aliphatic heterocycles. The van der Waals surface area contributed by atoms with E-state index in [-0.39, 0.29) is 23.8 Å². The molecule has 0 aromatic rings. The van der Waals surface area contributed by atoms with Crippen LogP contribution >= 0.6 is 0 Å². The molecular formula is C14H23NO3. The minimum Gasteiger partial charge on any atom is -0.481 e. The van der Waals surface area contributed by atoms with Gasteiger partial charge in [0.05, 0.1) is 6.42 Å². The van der Waals surface area contributed by atoms with Gasteiger partial charge in [0.1, 0.15) is 0 Å². The molecule has 1 atom stereocenters. The van der Waals surface area contributed by atoms with E-state index in [0.29, 0.717) is 5.92 Å². The zero-order valence-electron chi connectivity index (χ0n) is 11.1. The molecule has 4 nitrogen and oxygen atoms in total. The molecule has 2 saturated carbocycles. The van der Waals surface area contributed by atoms with Gasteiger partial charge in [-0.25, -0.2) is 0 Å². The summed E-state index contributed by atoms with van der Waals surface area (Å²) in [5.41, 5.74) is -0.217. The largest absolute Gasteiger partial charge is 0.481 e. The van der Waals surface area contributed by atoms with Crippen LogP contribution in [0.4, 0.5) is 0 Å². The topological polar surface area (TPSA) is 66.4 Å². The van der Waals surface area contributed by atoms with Crippen LogP contribution in [0.2, 0.25) is 0 Å². The van der Waals surface area contributed by atoms with Crippen LogP contribution in [0.25, 0.3) is 0 Å². The molecule has 2 aliphatic rings. The van der Waals surface area contributed by atoms with E-state index in [4.69, 9.17) is 5.11 Å². The highest BCUT2D eigenvalue weighted by Crippen LogP contribution is 2.42. The summed E-state index contributed by atoms with van der Waals surface area (Å²) in [5, 5.41) is 11.9. The molecule has 0 aromatic carbocycles. The second-order valence-electron chi connectivity index (χ2n) is 5.86. The Morgan fingerprint density at radius 1 is 1.33 bits per heavy atom. The van der Waals surface area contributed by atoms with E-state index >= 15 is 0 Å². The molecular weight excluding hydrogens is 230 g/mol. The van der Waals surface area contributed by atoms with Crippen molar-refractivity contribution in [1.82, 2.24) is 5.32 Å². The molecule has 0 heterocycles. The third-order valence-electron chi connectivity index (χ3n) is 4.62. The first-order valence-electron chi connectivity index (χ1n) is 7.10. The summed E-state index contributed by atoms with van der Waals surface area (Å²) >= 11 is 0. The number of rotatable bonds is 6. The minimum absolute atomic E-state index is 0.0657. The Labute approximate surface area is 108 Å².